The minimum Gasteiger partial charge on any atom is -0.337 e. The van der Waals surface area contributed by atoms with Crippen molar-refractivity contribution >= 4 is 0 Å². The van der Waals surface area contributed by atoms with E-state index in [1.165, 1.54) is 25.7 Å². The lowest BCUT2D eigenvalue weighted by molar-refractivity contribution is 0.0584. The molecule has 1 aromatic heterocycles. The molecule has 0 saturated heterocycles. The first kappa shape index (κ1) is 14.5. The molecular formula is C14H27N5. The number of nitrogens with two attached hydrogens (primary N) is 1. The molecule has 5 heteroatoms. The number of hydrogen-bond acceptors (Lipinski definition) is 4. The maximum atomic E-state index is 5.92. The summed E-state index contributed by atoms with van der Waals surface area (Å²) in [4.78, 5) is 7.08. The highest BCUT2D eigenvalue weighted by Crippen LogP contribution is 2.43. The van der Waals surface area contributed by atoms with Crippen molar-refractivity contribution in [2.75, 3.05) is 13.1 Å². The van der Waals surface area contributed by atoms with Crippen molar-refractivity contribution in [1.82, 2.24) is 19.9 Å². The third-order valence-corrected chi connectivity index (χ3v) is 4.68. The van der Waals surface area contributed by atoms with Gasteiger partial charge in [0.15, 0.2) is 0 Å². The van der Waals surface area contributed by atoms with Crippen LogP contribution in [0.3, 0.4) is 0 Å². The van der Waals surface area contributed by atoms with Crippen LogP contribution in [0.4, 0.5) is 0 Å². The van der Waals surface area contributed by atoms with Crippen LogP contribution in [0.5, 0.6) is 0 Å². The molecule has 0 amide bonds. The number of likely N-dealkylation sites (N-methyl/N-ethyl adjacent to an activating group) is 1. The fourth-order valence-electron chi connectivity index (χ4n) is 3.75. The summed E-state index contributed by atoms with van der Waals surface area (Å²) in [7, 11) is 2.04. The molecule has 0 aliphatic heterocycles. The topological polar surface area (TPSA) is 59.1 Å². The average molecular weight is 265 g/mol. The van der Waals surface area contributed by atoms with Gasteiger partial charge in [-0.3, -0.25) is 10.7 Å². The fourth-order valence-corrected chi connectivity index (χ4v) is 3.75. The first-order chi connectivity index (χ1) is 9.19. The normalized spacial score (nSPS) is 20.1. The molecule has 0 radical (unpaired) electrons. The first-order valence-electron chi connectivity index (χ1n) is 7.38. The van der Waals surface area contributed by atoms with Crippen LogP contribution in [0.2, 0.25) is 0 Å². The van der Waals surface area contributed by atoms with E-state index in [-0.39, 0.29) is 11.6 Å². The molecule has 19 heavy (non-hydrogen) atoms. The molecule has 5 nitrogen and oxygen atoms in total. The Bertz CT molecular complexity index is 390. The molecule has 1 aliphatic rings. The van der Waals surface area contributed by atoms with Crippen LogP contribution in [0, 0.1) is 0 Å². The number of nitrogens with one attached hydrogen (secondary N) is 1. The Hall–Kier alpha value is -0.910. The number of aryl methyl sites for hydroxylation is 1. The number of imidazole rings is 1. The summed E-state index contributed by atoms with van der Waals surface area (Å²) in [5.41, 5.74) is 3.16. The van der Waals surface area contributed by atoms with Crippen molar-refractivity contribution in [3.63, 3.8) is 0 Å². The van der Waals surface area contributed by atoms with Gasteiger partial charge in [-0.25, -0.2) is 10.4 Å². The van der Waals surface area contributed by atoms with E-state index in [1.54, 1.807) is 0 Å². The van der Waals surface area contributed by atoms with Gasteiger partial charge in [0.05, 0.1) is 6.04 Å². The summed E-state index contributed by atoms with van der Waals surface area (Å²) in [5, 5.41) is 0. The molecule has 1 fully saturated rings. The minimum atomic E-state index is 0.0925. The van der Waals surface area contributed by atoms with Crippen molar-refractivity contribution in [3.8, 4) is 0 Å². The smallest absolute Gasteiger partial charge is 0.128 e. The molecule has 0 aromatic carbocycles. The highest BCUT2D eigenvalue weighted by Gasteiger charge is 2.46. The van der Waals surface area contributed by atoms with E-state index < -0.39 is 0 Å². The SMILES string of the molecule is CCN(CC)C1(C(NN)c2nccn2C)CCCC1. The molecule has 0 bridgehead atoms. The number of nitrogens with zero attached hydrogens (tertiary/aromatic N) is 3. The van der Waals surface area contributed by atoms with E-state index in [0.717, 1.165) is 18.9 Å². The zero-order valence-corrected chi connectivity index (χ0v) is 12.4. The molecule has 3 N–H and O–H groups in total. The molecule has 1 heterocycles. The van der Waals surface area contributed by atoms with E-state index in [9.17, 15) is 0 Å². The standard InChI is InChI=1S/C14H27N5/c1-4-19(5-2)14(8-6-7-9-14)12(17-15)13-16-10-11-18(13)3/h10-12,17H,4-9,15H2,1-3H3. The Balaban J connectivity index is 2.39. The Morgan fingerprint density at radius 2 is 2.05 bits per heavy atom. The number of aromatic nitrogens is 2. The summed E-state index contributed by atoms with van der Waals surface area (Å²) in [6.07, 6.45) is 8.78. The van der Waals surface area contributed by atoms with Crippen molar-refractivity contribution < 1.29 is 0 Å². The van der Waals surface area contributed by atoms with E-state index in [0.29, 0.717) is 0 Å². The second-order valence-corrected chi connectivity index (χ2v) is 5.48. The van der Waals surface area contributed by atoms with Crippen LogP contribution in [-0.2, 0) is 7.05 Å². The van der Waals surface area contributed by atoms with Crippen molar-refractivity contribution in [2.45, 2.75) is 51.1 Å². The quantitative estimate of drug-likeness (QED) is 0.605. The van der Waals surface area contributed by atoms with Crippen molar-refractivity contribution in [2.24, 2.45) is 12.9 Å². The fraction of sp³-hybridized carbons (Fsp3) is 0.786. The van der Waals surface area contributed by atoms with Crippen LogP contribution in [-0.4, -0.2) is 33.1 Å². The van der Waals surface area contributed by atoms with Gasteiger partial charge < -0.3 is 4.57 Å². The molecule has 1 aliphatic carbocycles. The molecule has 0 spiro atoms. The molecule has 1 atom stereocenters. The maximum absolute atomic E-state index is 5.92. The summed E-state index contributed by atoms with van der Waals surface area (Å²) >= 11 is 0. The zero-order valence-electron chi connectivity index (χ0n) is 12.4. The lowest BCUT2D eigenvalue weighted by Gasteiger charge is -2.45. The number of hydrogen-bond donors (Lipinski definition) is 2. The van der Waals surface area contributed by atoms with Gasteiger partial charge in [-0.2, -0.15) is 0 Å². The van der Waals surface area contributed by atoms with E-state index >= 15 is 0 Å². The number of hydrazine groups is 1. The highest BCUT2D eigenvalue weighted by atomic mass is 15.3. The van der Waals surface area contributed by atoms with E-state index in [1.807, 2.05) is 19.4 Å². The molecular weight excluding hydrogens is 238 g/mol. The summed E-state index contributed by atoms with van der Waals surface area (Å²) in [5.74, 6) is 6.95. The van der Waals surface area contributed by atoms with Gasteiger partial charge in [-0.05, 0) is 25.9 Å². The van der Waals surface area contributed by atoms with E-state index in [2.05, 4.69) is 33.7 Å². The Morgan fingerprint density at radius 1 is 1.42 bits per heavy atom. The molecule has 108 valence electrons. The second kappa shape index (κ2) is 6.03. The number of rotatable bonds is 6. The Morgan fingerprint density at radius 3 is 2.47 bits per heavy atom. The van der Waals surface area contributed by atoms with Gasteiger partial charge in [0.2, 0.25) is 0 Å². The van der Waals surface area contributed by atoms with Crippen LogP contribution in [0.15, 0.2) is 12.4 Å². The highest BCUT2D eigenvalue weighted by molar-refractivity contribution is 5.12. The Labute approximate surface area is 116 Å². The predicted molar refractivity (Wildman–Crippen MR) is 77.4 cm³/mol. The Kier molecular flexibility index (Phi) is 4.60. The lowest BCUT2D eigenvalue weighted by Crippen LogP contribution is -2.57. The third kappa shape index (κ3) is 2.42. The summed E-state index contributed by atoms with van der Waals surface area (Å²) in [6, 6.07) is 0.0925. The van der Waals surface area contributed by atoms with Gasteiger partial charge >= 0.3 is 0 Å². The first-order valence-corrected chi connectivity index (χ1v) is 7.38. The van der Waals surface area contributed by atoms with Gasteiger partial charge in [0.1, 0.15) is 5.82 Å². The minimum absolute atomic E-state index is 0.0925. The predicted octanol–water partition coefficient (Wildman–Crippen LogP) is 1.58. The van der Waals surface area contributed by atoms with Gasteiger partial charge in [-0.1, -0.05) is 26.7 Å². The van der Waals surface area contributed by atoms with Crippen molar-refractivity contribution in [1.29, 1.82) is 0 Å². The van der Waals surface area contributed by atoms with Crippen LogP contribution in [0.25, 0.3) is 0 Å². The summed E-state index contributed by atoms with van der Waals surface area (Å²) in [6.45, 7) is 6.57. The third-order valence-electron chi connectivity index (χ3n) is 4.68. The van der Waals surface area contributed by atoms with E-state index in [4.69, 9.17) is 5.84 Å². The monoisotopic (exact) mass is 265 g/mol. The van der Waals surface area contributed by atoms with Crippen molar-refractivity contribution in [3.05, 3.63) is 18.2 Å². The molecule has 1 saturated carbocycles. The molecule has 2 rings (SSSR count). The molecule has 1 aromatic rings. The van der Waals surface area contributed by atoms with Crippen LogP contribution < -0.4 is 11.3 Å². The maximum Gasteiger partial charge on any atom is 0.128 e. The van der Waals surface area contributed by atoms with Gasteiger partial charge in [0.25, 0.3) is 0 Å². The van der Waals surface area contributed by atoms with Crippen LogP contribution >= 0.6 is 0 Å². The largest absolute Gasteiger partial charge is 0.337 e. The van der Waals surface area contributed by atoms with Crippen LogP contribution in [0.1, 0.15) is 51.4 Å². The second-order valence-electron chi connectivity index (χ2n) is 5.48. The summed E-state index contributed by atoms with van der Waals surface area (Å²) < 4.78 is 2.08. The molecule has 1 unspecified atom stereocenters. The van der Waals surface area contributed by atoms with Gasteiger partial charge in [0, 0.05) is 25.0 Å². The lowest BCUT2D eigenvalue weighted by atomic mass is 9.85. The average Bonchev–Trinajstić information content (AvgIpc) is 3.04. The van der Waals surface area contributed by atoms with Gasteiger partial charge in [-0.15, -0.1) is 0 Å². The zero-order chi connectivity index (χ0) is 13.9.